The number of carbonyl (C=O) groups excluding carboxylic acids is 1. The maximum atomic E-state index is 12.4. The highest BCUT2D eigenvalue weighted by atomic mass is 16.5. The molecule has 0 aliphatic carbocycles. The van der Waals surface area contributed by atoms with E-state index in [0.717, 1.165) is 6.42 Å². The first-order valence-electron chi connectivity index (χ1n) is 8.13. The molecule has 0 fully saturated rings. The average molecular weight is 341 g/mol. The van der Waals surface area contributed by atoms with Gasteiger partial charge in [-0.25, -0.2) is 4.79 Å². The second-order valence-electron chi connectivity index (χ2n) is 5.45. The van der Waals surface area contributed by atoms with Gasteiger partial charge in [0, 0.05) is 43.0 Å². The number of hydrogen-bond donors (Lipinski definition) is 1. The molecular formula is C18H19N3O4. The molecule has 0 saturated heterocycles. The van der Waals surface area contributed by atoms with Crippen LogP contribution in [0.2, 0.25) is 0 Å². The van der Waals surface area contributed by atoms with Gasteiger partial charge in [0.1, 0.15) is 11.3 Å². The summed E-state index contributed by atoms with van der Waals surface area (Å²) < 4.78 is 12.4. The van der Waals surface area contributed by atoms with Crippen LogP contribution in [0, 0.1) is 0 Å². The van der Waals surface area contributed by atoms with Gasteiger partial charge >= 0.3 is 5.63 Å². The average Bonchev–Trinajstić information content (AvgIpc) is 3.11. The number of amides is 1. The fraction of sp³-hybridized carbons (Fsp3) is 0.278. The Morgan fingerprint density at radius 3 is 3.00 bits per heavy atom. The number of ether oxygens (including phenoxy) is 1. The minimum absolute atomic E-state index is 0.299. The standard InChI is InChI=1S/C18H19N3O4/c1-2-24-13-5-6-14-15(12-17(22)25-16(14)11-13)18(23)19-7-3-9-21-10-4-8-20-21/h4-6,8,10-12H,2-3,7,9H2,1H3,(H,19,23). The predicted molar refractivity (Wildman–Crippen MR) is 92.8 cm³/mol. The van der Waals surface area contributed by atoms with E-state index in [1.54, 1.807) is 29.1 Å². The number of aryl methyl sites for hydroxylation is 1. The Bertz CT molecular complexity index is 916. The van der Waals surface area contributed by atoms with Crippen molar-refractivity contribution in [1.29, 1.82) is 0 Å². The maximum Gasteiger partial charge on any atom is 0.337 e. The molecule has 7 nitrogen and oxygen atoms in total. The van der Waals surface area contributed by atoms with Gasteiger partial charge in [-0.2, -0.15) is 5.10 Å². The molecule has 0 atom stereocenters. The fourth-order valence-corrected chi connectivity index (χ4v) is 2.56. The Hall–Kier alpha value is -3.09. The van der Waals surface area contributed by atoms with Crippen LogP contribution >= 0.6 is 0 Å². The fourth-order valence-electron chi connectivity index (χ4n) is 2.56. The molecule has 7 heteroatoms. The number of benzene rings is 1. The number of aromatic nitrogens is 2. The Balaban J connectivity index is 1.72. The van der Waals surface area contributed by atoms with E-state index in [1.165, 1.54) is 6.07 Å². The summed E-state index contributed by atoms with van der Waals surface area (Å²) in [5, 5.41) is 7.51. The van der Waals surface area contributed by atoms with Gasteiger partial charge in [0.2, 0.25) is 0 Å². The maximum absolute atomic E-state index is 12.4. The van der Waals surface area contributed by atoms with Gasteiger partial charge in [0.05, 0.1) is 12.2 Å². The van der Waals surface area contributed by atoms with E-state index >= 15 is 0 Å². The minimum atomic E-state index is -0.567. The van der Waals surface area contributed by atoms with Crippen LogP contribution in [0.5, 0.6) is 5.75 Å². The number of fused-ring (bicyclic) bond motifs is 1. The van der Waals surface area contributed by atoms with Crippen molar-refractivity contribution in [2.45, 2.75) is 19.9 Å². The number of nitrogens with zero attached hydrogens (tertiary/aromatic N) is 2. The smallest absolute Gasteiger partial charge is 0.337 e. The SMILES string of the molecule is CCOc1ccc2c(C(=O)NCCCn3cccn3)cc(=O)oc2c1. The lowest BCUT2D eigenvalue weighted by molar-refractivity contribution is 0.0953. The highest BCUT2D eigenvalue weighted by Gasteiger charge is 2.13. The van der Waals surface area contributed by atoms with Crippen molar-refractivity contribution in [3.8, 4) is 5.75 Å². The van der Waals surface area contributed by atoms with E-state index in [2.05, 4.69) is 10.4 Å². The van der Waals surface area contributed by atoms with Gasteiger partial charge < -0.3 is 14.5 Å². The van der Waals surface area contributed by atoms with Crippen LogP contribution in [0.4, 0.5) is 0 Å². The third-order valence-corrected chi connectivity index (χ3v) is 3.68. The first-order chi connectivity index (χ1) is 12.2. The summed E-state index contributed by atoms with van der Waals surface area (Å²) in [5.74, 6) is 0.289. The third kappa shape index (κ3) is 4.06. The Labute approximate surface area is 144 Å². The molecule has 2 aromatic heterocycles. The van der Waals surface area contributed by atoms with Crippen LogP contribution in [0.15, 0.2) is 51.9 Å². The molecule has 1 aromatic carbocycles. The van der Waals surface area contributed by atoms with E-state index in [1.807, 2.05) is 19.2 Å². The molecule has 0 radical (unpaired) electrons. The Morgan fingerprint density at radius 1 is 1.36 bits per heavy atom. The van der Waals surface area contributed by atoms with Crippen LogP contribution < -0.4 is 15.7 Å². The Morgan fingerprint density at radius 2 is 2.24 bits per heavy atom. The third-order valence-electron chi connectivity index (χ3n) is 3.68. The molecule has 130 valence electrons. The van der Waals surface area contributed by atoms with Crippen molar-refractivity contribution in [2.75, 3.05) is 13.2 Å². The number of nitrogens with one attached hydrogen (secondary N) is 1. The zero-order valence-corrected chi connectivity index (χ0v) is 13.9. The molecule has 0 bridgehead atoms. The van der Waals surface area contributed by atoms with E-state index in [0.29, 0.717) is 42.0 Å². The normalized spacial score (nSPS) is 10.8. The van der Waals surface area contributed by atoms with Crippen molar-refractivity contribution in [3.63, 3.8) is 0 Å². The predicted octanol–water partition coefficient (Wildman–Crippen LogP) is 2.21. The first kappa shape index (κ1) is 16.8. The van der Waals surface area contributed by atoms with E-state index in [4.69, 9.17) is 9.15 Å². The molecule has 0 aliphatic rings. The molecule has 0 saturated carbocycles. The number of hydrogen-bond acceptors (Lipinski definition) is 5. The molecule has 1 amide bonds. The van der Waals surface area contributed by atoms with Crippen molar-refractivity contribution in [2.24, 2.45) is 0 Å². The topological polar surface area (TPSA) is 86.4 Å². The largest absolute Gasteiger partial charge is 0.494 e. The Kier molecular flexibility index (Phi) is 5.13. The van der Waals surface area contributed by atoms with Gasteiger partial charge in [-0.3, -0.25) is 9.48 Å². The van der Waals surface area contributed by atoms with Gasteiger partial charge in [0.15, 0.2) is 0 Å². The van der Waals surface area contributed by atoms with Crippen LogP contribution in [0.1, 0.15) is 23.7 Å². The van der Waals surface area contributed by atoms with Gasteiger partial charge in [-0.05, 0) is 31.5 Å². The van der Waals surface area contributed by atoms with Gasteiger partial charge in [-0.15, -0.1) is 0 Å². The zero-order valence-electron chi connectivity index (χ0n) is 13.9. The van der Waals surface area contributed by atoms with Gasteiger partial charge in [0.25, 0.3) is 5.91 Å². The monoisotopic (exact) mass is 341 g/mol. The molecule has 3 aromatic rings. The molecule has 3 rings (SSSR count). The molecule has 2 heterocycles. The lowest BCUT2D eigenvalue weighted by atomic mass is 10.1. The van der Waals surface area contributed by atoms with Crippen LogP contribution in [0.25, 0.3) is 11.0 Å². The molecule has 0 spiro atoms. The highest BCUT2D eigenvalue weighted by molar-refractivity contribution is 6.05. The summed E-state index contributed by atoms with van der Waals surface area (Å²) >= 11 is 0. The first-order valence-corrected chi connectivity index (χ1v) is 8.13. The summed E-state index contributed by atoms with van der Waals surface area (Å²) in [4.78, 5) is 24.2. The lowest BCUT2D eigenvalue weighted by Crippen LogP contribution is -2.26. The summed E-state index contributed by atoms with van der Waals surface area (Å²) in [7, 11) is 0. The molecule has 0 aliphatic heterocycles. The summed E-state index contributed by atoms with van der Waals surface area (Å²) in [6.07, 6.45) is 4.32. The van der Waals surface area contributed by atoms with E-state index in [-0.39, 0.29) is 5.91 Å². The summed E-state index contributed by atoms with van der Waals surface area (Å²) in [6.45, 7) is 3.57. The van der Waals surface area contributed by atoms with Crippen molar-refractivity contribution in [1.82, 2.24) is 15.1 Å². The second kappa shape index (κ2) is 7.65. The van der Waals surface area contributed by atoms with Crippen molar-refractivity contribution in [3.05, 3.63) is 58.7 Å². The minimum Gasteiger partial charge on any atom is -0.494 e. The molecule has 1 N–H and O–H groups in total. The highest BCUT2D eigenvalue weighted by Crippen LogP contribution is 2.22. The van der Waals surface area contributed by atoms with Crippen LogP contribution in [-0.4, -0.2) is 28.8 Å². The quantitative estimate of drug-likeness (QED) is 0.526. The molecule has 0 unspecified atom stereocenters. The van der Waals surface area contributed by atoms with Crippen molar-refractivity contribution >= 4 is 16.9 Å². The van der Waals surface area contributed by atoms with Gasteiger partial charge in [-0.1, -0.05) is 0 Å². The van der Waals surface area contributed by atoms with Crippen LogP contribution in [0.3, 0.4) is 0 Å². The second-order valence-corrected chi connectivity index (χ2v) is 5.45. The van der Waals surface area contributed by atoms with E-state index in [9.17, 15) is 9.59 Å². The lowest BCUT2D eigenvalue weighted by Gasteiger charge is -2.09. The number of rotatable bonds is 7. The van der Waals surface area contributed by atoms with Crippen molar-refractivity contribution < 1.29 is 13.9 Å². The zero-order chi connectivity index (χ0) is 17.6. The summed E-state index contributed by atoms with van der Waals surface area (Å²) in [6, 6.07) is 8.16. The summed E-state index contributed by atoms with van der Waals surface area (Å²) in [5.41, 5.74) is 0.0661. The number of carbonyl (C=O) groups is 1. The molecular weight excluding hydrogens is 322 g/mol. The van der Waals surface area contributed by atoms with E-state index < -0.39 is 5.63 Å². The van der Waals surface area contributed by atoms with Crippen LogP contribution in [-0.2, 0) is 6.54 Å². The molecule has 25 heavy (non-hydrogen) atoms.